The van der Waals surface area contributed by atoms with Crippen molar-refractivity contribution in [1.82, 2.24) is 15.1 Å². The number of methoxy groups -OCH3 is 1. The lowest BCUT2D eigenvalue weighted by Crippen LogP contribution is -2.41. The number of nitrogens with zero attached hydrogens (tertiary/aromatic N) is 3. The van der Waals surface area contributed by atoms with Crippen molar-refractivity contribution in [2.75, 3.05) is 47.4 Å². The molecule has 3 atom stereocenters. The highest BCUT2D eigenvalue weighted by atomic mass is 32.1. The molecule has 0 aliphatic carbocycles. The van der Waals surface area contributed by atoms with Crippen molar-refractivity contribution in [3.05, 3.63) is 22.4 Å². The maximum absolute atomic E-state index is 11.9. The van der Waals surface area contributed by atoms with Crippen molar-refractivity contribution >= 4 is 23.3 Å². The number of aliphatic imine (C=N–C) groups is 1. The van der Waals surface area contributed by atoms with Gasteiger partial charge in [-0.3, -0.25) is 9.79 Å². The Morgan fingerprint density at radius 3 is 2.84 bits per heavy atom. The van der Waals surface area contributed by atoms with E-state index in [2.05, 4.69) is 60.6 Å². The van der Waals surface area contributed by atoms with Crippen molar-refractivity contribution < 1.29 is 9.53 Å². The summed E-state index contributed by atoms with van der Waals surface area (Å²) >= 11 is 1.76. The van der Waals surface area contributed by atoms with E-state index in [0.29, 0.717) is 13.1 Å². The molecule has 7 heteroatoms. The number of thiophene rings is 1. The van der Waals surface area contributed by atoms with Gasteiger partial charge in [0, 0.05) is 24.5 Å². The fourth-order valence-corrected chi connectivity index (χ4v) is 4.10. The molecule has 0 spiro atoms. The number of esters is 1. The first-order valence-corrected chi connectivity index (χ1v) is 9.66. The van der Waals surface area contributed by atoms with Crippen LogP contribution in [0.1, 0.15) is 24.8 Å². The number of hydrogen-bond acceptors (Lipinski definition) is 5. The van der Waals surface area contributed by atoms with E-state index in [-0.39, 0.29) is 23.8 Å². The first-order valence-electron chi connectivity index (χ1n) is 8.78. The first kappa shape index (κ1) is 19.7. The normalized spacial score (nSPS) is 22.3. The quantitative estimate of drug-likeness (QED) is 0.474. The smallest absolute Gasteiger partial charge is 0.310 e. The predicted molar refractivity (Wildman–Crippen MR) is 103 cm³/mol. The maximum Gasteiger partial charge on any atom is 0.310 e. The Morgan fingerprint density at radius 1 is 1.52 bits per heavy atom. The van der Waals surface area contributed by atoms with Crippen LogP contribution in [0.2, 0.25) is 0 Å². The van der Waals surface area contributed by atoms with E-state index in [4.69, 9.17) is 9.73 Å². The highest BCUT2D eigenvalue weighted by Gasteiger charge is 2.37. The molecule has 1 aliphatic rings. The van der Waals surface area contributed by atoms with Gasteiger partial charge in [-0.15, -0.1) is 11.3 Å². The van der Waals surface area contributed by atoms with Gasteiger partial charge in [0.1, 0.15) is 0 Å². The summed E-state index contributed by atoms with van der Waals surface area (Å²) < 4.78 is 4.94. The number of nitrogens with one attached hydrogen (secondary N) is 1. The molecule has 0 radical (unpaired) electrons. The monoisotopic (exact) mass is 366 g/mol. The topological polar surface area (TPSA) is 57.2 Å². The van der Waals surface area contributed by atoms with Crippen LogP contribution in [0.4, 0.5) is 0 Å². The molecule has 1 aliphatic heterocycles. The van der Waals surface area contributed by atoms with Crippen LogP contribution in [0, 0.1) is 11.8 Å². The average Bonchev–Trinajstić information content (AvgIpc) is 3.23. The molecule has 0 bridgehead atoms. The lowest BCUT2D eigenvalue weighted by molar-refractivity contribution is -0.145. The van der Waals surface area contributed by atoms with Gasteiger partial charge >= 0.3 is 5.97 Å². The van der Waals surface area contributed by atoms with Crippen molar-refractivity contribution in [1.29, 1.82) is 0 Å². The van der Waals surface area contributed by atoms with Gasteiger partial charge in [0.15, 0.2) is 5.96 Å². The third-order valence-electron chi connectivity index (χ3n) is 4.66. The molecule has 2 rings (SSSR count). The molecule has 0 aromatic carbocycles. The molecule has 0 amide bonds. The largest absolute Gasteiger partial charge is 0.469 e. The Morgan fingerprint density at radius 2 is 2.28 bits per heavy atom. The summed E-state index contributed by atoms with van der Waals surface area (Å²) in [5.41, 5.74) is 0. The van der Waals surface area contributed by atoms with Crippen LogP contribution in [0.5, 0.6) is 0 Å². The Bertz CT molecular complexity index is 574. The van der Waals surface area contributed by atoms with E-state index >= 15 is 0 Å². The average molecular weight is 367 g/mol. The number of hydrogen-bond donors (Lipinski definition) is 1. The maximum atomic E-state index is 11.9. The van der Waals surface area contributed by atoms with Gasteiger partial charge in [0.2, 0.25) is 0 Å². The van der Waals surface area contributed by atoms with Crippen molar-refractivity contribution in [2.24, 2.45) is 16.8 Å². The Kier molecular flexibility index (Phi) is 7.25. The number of carbonyl (C=O) groups excluding carboxylic acids is 1. The molecule has 3 unspecified atom stereocenters. The second-order valence-electron chi connectivity index (χ2n) is 6.70. The number of carbonyl (C=O) groups is 1. The summed E-state index contributed by atoms with van der Waals surface area (Å²) in [7, 11) is 5.62. The first-order chi connectivity index (χ1) is 12.0. The van der Waals surface area contributed by atoms with Gasteiger partial charge in [-0.2, -0.15) is 0 Å². The molecular formula is C18H30N4O2S. The lowest BCUT2D eigenvalue weighted by Gasteiger charge is -2.25. The lowest BCUT2D eigenvalue weighted by atomic mass is 9.99. The SMILES string of the molecule is CCNC(=NCC(c1cccs1)N(C)C)N1CC(C)C(C(=O)OC)C1. The molecule has 1 fully saturated rings. The third kappa shape index (κ3) is 4.95. The van der Waals surface area contributed by atoms with Crippen LogP contribution in [0.25, 0.3) is 0 Å². The number of ether oxygens (including phenoxy) is 1. The van der Waals surface area contributed by atoms with Crippen LogP contribution in [0.3, 0.4) is 0 Å². The third-order valence-corrected chi connectivity index (χ3v) is 5.63. The standard InChI is InChI=1S/C18H30N4O2S/c1-6-19-18(22-11-13(2)14(12-22)17(23)24-5)20-10-15(21(3)4)16-8-7-9-25-16/h7-9,13-15H,6,10-12H2,1-5H3,(H,19,20). The Hall–Kier alpha value is -1.60. The van der Waals surface area contributed by atoms with Crippen LogP contribution in [0.15, 0.2) is 22.5 Å². The second-order valence-corrected chi connectivity index (χ2v) is 7.68. The van der Waals surface area contributed by atoms with E-state index in [1.54, 1.807) is 11.3 Å². The molecular weight excluding hydrogens is 336 g/mol. The summed E-state index contributed by atoms with van der Waals surface area (Å²) in [4.78, 5) is 22.5. The molecule has 1 aromatic heterocycles. The van der Waals surface area contributed by atoms with Crippen LogP contribution >= 0.6 is 11.3 Å². The van der Waals surface area contributed by atoms with Crippen molar-refractivity contribution in [2.45, 2.75) is 19.9 Å². The molecule has 1 saturated heterocycles. The number of likely N-dealkylation sites (tertiary alicyclic amines) is 1. The van der Waals surface area contributed by atoms with Gasteiger partial charge in [-0.25, -0.2) is 0 Å². The summed E-state index contributed by atoms with van der Waals surface area (Å²) in [6.45, 7) is 7.12. The van der Waals surface area contributed by atoms with E-state index < -0.39 is 0 Å². The van der Waals surface area contributed by atoms with Gasteiger partial charge in [-0.05, 0) is 38.4 Å². The molecule has 0 saturated carbocycles. The zero-order valence-corrected chi connectivity index (χ0v) is 16.7. The van der Waals surface area contributed by atoms with Gasteiger partial charge < -0.3 is 19.9 Å². The summed E-state index contributed by atoms with van der Waals surface area (Å²) in [6.07, 6.45) is 0. The molecule has 140 valence electrons. The molecule has 6 nitrogen and oxygen atoms in total. The fraction of sp³-hybridized carbons (Fsp3) is 0.667. The second kappa shape index (κ2) is 9.20. The minimum absolute atomic E-state index is 0.0872. The van der Waals surface area contributed by atoms with Crippen LogP contribution < -0.4 is 5.32 Å². The van der Waals surface area contributed by atoms with E-state index in [9.17, 15) is 4.79 Å². The minimum atomic E-state index is -0.129. The molecule has 25 heavy (non-hydrogen) atoms. The van der Waals surface area contributed by atoms with Gasteiger partial charge in [-0.1, -0.05) is 13.0 Å². The minimum Gasteiger partial charge on any atom is -0.469 e. The number of rotatable bonds is 6. The predicted octanol–water partition coefficient (Wildman–Crippen LogP) is 2.06. The highest BCUT2D eigenvalue weighted by molar-refractivity contribution is 7.10. The molecule has 1 aromatic rings. The van der Waals surface area contributed by atoms with E-state index in [1.165, 1.54) is 12.0 Å². The van der Waals surface area contributed by atoms with Crippen molar-refractivity contribution in [3.8, 4) is 0 Å². The Balaban J connectivity index is 2.11. The Labute approximate surface area is 154 Å². The fourth-order valence-electron chi connectivity index (χ4n) is 3.19. The number of likely N-dealkylation sites (N-methyl/N-ethyl adjacent to an activating group) is 1. The van der Waals surface area contributed by atoms with E-state index in [0.717, 1.165) is 19.0 Å². The highest BCUT2D eigenvalue weighted by Crippen LogP contribution is 2.26. The summed E-state index contributed by atoms with van der Waals surface area (Å²) in [5.74, 6) is 0.925. The number of guanidine groups is 1. The van der Waals surface area contributed by atoms with Gasteiger partial charge in [0.05, 0.1) is 25.6 Å². The molecule has 1 N–H and O–H groups in total. The van der Waals surface area contributed by atoms with Crippen molar-refractivity contribution in [3.63, 3.8) is 0 Å². The van der Waals surface area contributed by atoms with Crippen LogP contribution in [-0.4, -0.2) is 69.1 Å². The van der Waals surface area contributed by atoms with Gasteiger partial charge in [0.25, 0.3) is 0 Å². The summed E-state index contributed by atoms with van der Waals surface area (Å²) in [6, 6.07) is 4.49. The zero-order chi connectivity index (χ0) is 18.4. The van der Waals surface area contributed by atoms with Crippen LogP contribution in [-0.2, 0) is 9.53 Å². The van der Waals surface area contributed by atoms with E-state index in [1.807, 2.05) is 0 Å². The zero-order valence-electron chi connectivity index (χ0n) is 15.9. The molecule has 2 heterocycles. The summed E-state index contributed by atoms with van der Waals surface area (Å²) in [5, 5.41) is 5.47.